The molecule has 10 heteroatoms. The van der Waals surface area contributed by atoms with Gasteiger partial charge in [-0.05, 0) is 25.5 Å². The third-order valence-electron chi connectivity index (χ3n) is 5.94. The van der Waals surface area contributed by atoms with E-state index in [-0.39, 0.29) is 35.8 Å². The molecule has 186 valence electrons. The number of amides is 2. The fraction of sp³-hybridized carbons (Fsp3) is 0.231. The average molecular weight is 492 g/mol. The number of anilines is 1. The van der Waals surface area contributed by atoms with Crippen molar-refractivity contribution in [3.05, 3.63) is 88.5 Å². The second-order valence-electron chi connectivity index (χ2n) is 7.93. The monoisotopic (exact) mass is 492 g/mol. The molecule has 0 aliphatic carbocycles. The first-order chi connectivity index (χ1) is 17.3. The smallest absolute Gasteiger partial charge is 0.421 e. The maximum absolute atomic E-state index is 14.2. The summed E-state index contributed by atoms with van der Waals surface area (Å²) < 4.78 is 21.1. The molecule has 10 nitrogen and oxygen atoms in total. The van der Waals surface area contributed by atoms with Crippen molar-refractivity contribution in [1.29, 1.82) is 0 Å². The first kappa shape index (κ1) is 24.5. The van der Waals surface area contributed by atoms with E-state index in [0.29, 0.717) is 5.56 Å². The van der Waals surface area contributed by atoms with Crippen LogP contribution < -0.4 is 10.6 Å². The summed E-state index contributed by atoms with van der Waals surface area (Å²) in [5, 5.41) is 0. The van der Waals surface area contributed by atoms with Gasteiger partial charge in [-0.25, -0.2) is 19.3 Å². The Kier molecular flexibility index (Phi) is 6.52. The first-order valence-corrected chi connectivity index (χ1v) is 11.1. The zero-order valence-electron chi connectivity index (χ0n) is 19.9. The van der Waals surface area contributed by atoms with Gasteiger partial charge in [-0.3, -0.25) is 4.79 Å². The van der Waals surface area contributed by atoms with Crippen molar-refractivity contribution in [2.75, 3.05) is 18.6 Å². The molecule has 2 aromatic rings. The number of para-hydroxylation sites is 1. The molecule has 1 spiro atoms. The highest BCUT2D eigenvalue weighted by atomic mass is 16.6. The van der Waals surface area contributed by atoms with Gasteiger partial charge in [0.05, 0.1) is 19.4 Å². The van der Waals surface area contributed by atoms with Gasteiger partial charge in [-0.1, -0.05) is 48.5 Å². The van der Waals surface area contributed by atoms with Crippen LogP contribution >= 0.6 is 0 Å². The highest BCUT2D eigenvalue weighted by Crippen LogP contribution is 2.54. The number of methoxy groups -OCH3 is 1. The summed E-state index contributed by atoms with van der Waals surface area (Å²) in [6, 6.07) is 15.1. The number of nitrogens with two attached hydrogens (primary N) is 1. The number of fused-ring (bicyclic) bond motifs is 2. The molecular weight excluding hydrogens is 468 g/mol. The van der Waals surface area contributed by atoms with Crippen LogP contribution in [0.25, 0.3) is 0 Å². The van der Waals surface area contributed by atoms with E-state index < -0.39 is 40.8 Å². The minimum atomic E-state index is -2.17. The van der Waals surface area contributed by atoms with Gasteiger partial charge in [0.15, 0.2) is 0 Å². The Balaban J connectivity index is 1.94. The van der Waals surface area contributed by atoms with Crippen molar-refractivity contribution in [2.45, 2.75) is 25.9 Å². The molecule has 2 heterocycles. The summed E-state index contributed by atoms with van der Waals surface area (Å²) in [4.78, 5) is 54.5. The number of benzene rings is 2. The van der Waals surface area contributed by atoms with Gasteiger partial charge in [0.1, 0.15) is 28.9 Å². The molecule has 4 rings (SSSR count). The normalized spacial score (nSPS) is 18.6. The predicted octanol–water partition coefficient (Wildman–Crippen LogP) is 2.82. The number of nitrogens with zero attached hydrogens (tertiary/aromatic N) is 1. The number of hydrogen-bond acceptors (Lipinski definition) is 9. The molecule has 0 radical (unpaired) electrons. The Morgan fingerprint density at radius 1 is 0.972 bits per heavy atom. The topological polar surface area (TPSA) is 134 Å². The molecule has 2 aliphatic rings. The molecule has 2 aliphatic heterocycles. The molecule has 2 N–H and O–H groups in total. The molecule has 2 amide bonds. The molecule has 2 aromatic carbocycles. The fourth-order valence-corrected chi connectivity index (χ4v) is 4.52. The molecule has 0 bridgehead atoms. The van der Waals surface area contributed by atoms with Gasteiger partial charge < -0.3 is 24.7 Å². The summed E-state index contributed by atoms with van der Waals surface area (Å²) >= 11 is 0. The van der Waals surface area contributed by atoms with Crippen LogP contribution in [0.5, 0.6) is 0 Å². The van der Waals surface area contributed by atoms with Crippen molar-refractivity contribution < 1.29 is 38.1 Å². The van der Waals surface area contributed by atoms with E-state index in [2.05, 4.69) is 0 Å². The van der Waals surface area contributed by atoms with Crippen LogP contribution in [0.3, 0.4) is 0 Å². The Bertz CT molecular complexity index is 1310. The third-order valence-corrected chi connectivity index (χ3v) is 5.94. The molecule has 0 saturated heterocycles. The Morgan fingerprint density at radius 3 is 2.31 bits per heavy atom. The van der Waals surface area contributed by atoms with E-state index in [1.807, 2.05) is 6.07 Å². The number of hydrogen-bond donors (Lipinski definition) is 1. The van der Waals surface area contributed by atoms with Crippen molar-refractivity contribution in [3.8, 4) is 0 Å². The number of carbonyl (C=O) groups is 4. The zero-order valence-corrected chi connectivity index (χ0v) is 19.9. The Hall–Kier alpha value is -4.60. The van der Waals surface area contributed by atoms with Gasteiger partial charge in [-0.2, -0.15) is 0 Å². The number of imide groups is 1. The van der Waals surface area contributed by atoms with Gasteiger partial charge in [0, 0.05) is 5.56 Å². The van der Waals surface area contributed by atoms with Crippen LogP contribution in [-0.4, -0.2) is 37.7 Å². The number of rotatable bonds is 5. The standard InChI is InChI=1S/C26H24N2O8/c1-4-34-25(32)28-18-13-9-8-12-17(18)26(24(28)31)19(15(2)36-21(27)20(26)22(29)33-3)23(30)35-14-16-10-6-5-7-11-16/h5-13H,4,14,27H2,1-3H3. The van der Waals surface area contributed by atoms with Crippen molar-refractivity contribution >= 4 is 29.6 Å². The maximum Gasteiger partial charge on any atom is 0.421 e. The number of esters is 2. The minimum absolute atomic E-state index is 0.0103. The van der Waals surface area contributed by atoms with Crippen LogP contribution in [-0.2, 0) is 45.4 Å². The summed E-state index contributed by atoms with van der Waals surface area (Å²) in [5.41, 5.74) is 4.18. The van der Waals surface area contributed by atoms with Gasteiger partial charge >= 0.3 is 18.0 Å². The SMILES string of the molecule is CCOC(=O)N1C(=O)C2(C(C(=O)OCc3ccccc3)=C(C)OC(N)=C2C(=O)OC)c2ccccc21. The third kappa shape index (κ3) is 3.67. The fourth-order valence-electron chi connectivity index (χ4n) is 4.52. The lowest BCUT2D eigenvalue weighted by atomic mass is 9.67. The van der Waals surface area contributed by atoms with Crippen LogP contribution in [0.15, 0.2) is 77.4 Å². The maximum atomic E-state index is 14.2. The van der Waals surface area contributed by atoms with Crippen LogP contribution in [0.4, 0.5) is 10.5 Å². The lowest BCUT2D eigenvalue weighted by Crippen LogP contribution is -2.52. The number of allylic oxidation sites excluding steroid dienone is 1. The molecule has 0 saturated carbocycles. The minimum Gasteiger partial charge on any atom is -0.465 e. The lowest BCUT2D eigenvalue weighted by Gasteiger charge is -2.35. The summed E-state index contributed by atoms with van der Waals surface area (Å²) in [7, 11) is 1.10. The molecule has 0 fully saturated rings. The van der Waals surface area contributed by atoms with E-state index in [0.717, 1.165) is 12.0 Å². The summed E-state index contributed by atoms with van der Waals surface area (Å²) in [6.07, 6.45) is -0.976. The van der Waals surface area contributed by atoms with Gasteiger partial charge in [0.2, 0.25) is 5.88 Å². The van der Waals surface area contributed by atoms with E-state index in [4.69, 9.17) is 24.7 Å². The van der Waals surface area contributed by atoms with Gasteiger partial charge in [-0.15, -0.1) is 0 Å². The van der Waals surface area contributed by atoms with Crippen molar-refractivity contribution in [2.24, 2.45) is 5.73 Å². The van der Waals surface area contributed by atoms with E-state index in [1.54, 1.807) is 43.3 Å². The number of carbonyl (C=O) groups excluding carboxylic acids is 4. The second-order valence-corrected chi connectivity index (χ2v) is 7.93. The summed E-state index contributed by atoms with van der Waals surface area (Å²) in [6.45, 7) is 2.88. The second kappa shape index (κ2) is 9.57. The van der Waals surface area contributed by atoms with E-state index in [9.17, 15) is 19.2 Å². The summed E-state index contributed by atoms with van der Waals surface area (Å²) in [5.74, 6) is -3.39. The zero-order chi connectivity index (χ0) is 26.0. The van der Waals surface area contributed by atoms with Crippen LogP contribution in [0.2, 0.25) is 0 Å². The van der Waals surface area contributed by atoms with E-state index >= 15 is 0 Å². The highest BCUT2D eigenvalue weighted by Gasteiger charge is 2.65. The molecule has 0 aromatic heterocycles. The van der Waals surface area contributed by atoms with Gasteiger partial charge in [0.25, 0.3) is 5.91 Å². The molecule has 1 atom stereocenters. The quantitative estimate of drug-likeness (QED) is 0.494. The van der Waals surface area contributed by atoms with Crippen molar-refractivity contribution in [3.63, 3.8) is 0 Å². The van der Waals surface area contributed by atoms with Crippen LogP contribution in [0.1, 0.15) is 25.0 Å². The van der Waals surface area contributed by atoms with Crippen molar-refractivity contribution in [1.82, 2.24) is 0 Å². The highest BCUT2D eigenvalue weighted by molar-refractivity contribution is 6.29. The Morgan fingerprint density at radius 2 is 1.64 bits per heavy atom. The number of ether oxygens (including phenoxy) is 4. The molecule has 1 unspecified atom stereocenters. The lowest BCUT2D eigenvalue weighted by molar-refractivity contribution is -0.143. The predicted molar refractivity (Wildman–Crippen MR) is 126 cm³/mol. The molecule has 36 heavy (non-hydrogen) atoms. The van der Waals surface area contributed by atoms with Crippen LogP contribution in [0, 0.1) is 0 Å². The van der Waals surface area contributed by atoms with E-state index in [1.165, 1.54) is 19.1 Å². The Labute approximate surface area is 206 Å². The average Bonchev–Trinajstić information content (AvgIpc) is 3.11. The first-order valence-electron chi connectivity index (χ1n) is 11.1. The molecular formula is C26H24N2O8. The largest absolute Gasteiger partial charge is 0.465 e.